The number of nitrogens with zero attached hydrogens (tertiary/aromatic N) is 2. The lowest BCUT2D eigenvalue weighted by molar-refractivity contribution is -0.134. The van der Waals surface area contributed by atoms with E-state index >= 15 is 0 Å². The van der Waals surface area contributed by atoms with Gasteiger partial charge in [-0.15, -0.1) is 11.3 Å². The van der Waals surface area contributed by atoms with E-state index in [0.29, 0.717) is 29.3 Å². The van der Waals surface area contributed by atoms with Crippen molar-refractivity contribution in [2.24, 2.45) is 11.3 Å². The number of allylic oxidation sites excluding steroid dienone is 1. The number of rotatable bonds is 5. The monoisotopic (exact) mass is 566 g/mol. The number of hydrogen-bond donors (Lipinski definition) is 0. The number of aromatic nitrogens is 1. The Kier molecular flexibility index (Phi) is 7.41. The first-order valence-electron chi connectivity index (χ1n) is 13.2. The first-order valence-corrected chi connectivity index (χ1v) is 15.9. The van der Waals surface area contributed by atoms with Crippen LogP contribution in [0.5, 0.6) is 0 Å². The topological polar surface area (TPSA) is 93.6 Å². The Balaban J connectivity index is 1.51. The number of para-hydroxylation sites is 1. The highest BCUT2D eigenvalue weighted by Gasteiger charge is 2.36. The second-order valence-corrected chi connectivity index (χ2v) is 14.8. The Morgan fingerprint density at radius 3 is 2.59 bits per heavy atom. The number of pyridine rings is 1. The quantitative estimate of drug-likeness (QED) is 0.392. The smallest absolute Gasteiger partial charge is 0.339 e. The highest BCUT2D eigenvalue weighted by molar-refractivity contribution is 7.91. The van der Waals surface area contributed by atoms with Crippen LogP contribution in [0.1, 0.15) is 60.1 Å². The molecule has 39 heavy (non-hydrogen) atoms. The van der Waals surface area contributed by atoms with Crippen molar-refractivity contribution in [2.75, 3.05) is 25.2 Å². The molecule has 2 atom stereocenters. The van der Waals surface area contributed by atoms with Crippen LogP contribution in [0.4, 0.5) is 0 Å². The van der Waals surface area contributed by atoms with Gasteiger partial charge < -0.3 is 9.64 Å². The lowest BCUT2D eigenvalue weighted by atomic mass is 9.69. The average molecular weight is 567 g/mol. The Bertz CT molecular complexity index is 1550. The number of sulfone groups is 1. The highest BCUT2D eigenvalue weighted by Crippen LogP contribution is 2.45. The molecule has 0 N–H and O–H groups in total. The van der Waals surface area contributed by atoms with Crippen molar-refractivity contribution in [2.45, 2.75) is 46.1 Å². The van der Waals surface area contributed by atoms with E-state index in [4.69, 9.17) is 9.72 Å². The van der Waals surface area contributed by atoms with Gasteiger partial charge in [0.15, 0.2) is 16.4 Å². The van der Waals surface area contributed by atoms with Crippen LogP contribution in [0, 0.1) is 11.3 Å². The van der Waals surface area contributed by atoms with Crippen molar-refractivity contribution < 1.29 is 22.7 Å². The molecule has 0 saturated carbocycles. The van der Waals surface area contributed by atoms with Crippen LogP contribution in [0.2, 0.25) is 0 Å². The van der Waals surface area contributed by atoms with Gasteiger partial charge in [0, 0.05) is 23.4 Å². The fourth-order valence-corrected chi connectivity index (χ4v) is 7.96. The van der Waals surface area contributed by atoms with Gasteiger partial charge in [0.05, 0.1) is 28.3 Å². The number of likely N-dealkylation sites (N-methyl/N-ethyl adjacent to an activating group) is 1. The van der Waals surface area contributed by atoms with Crippen LogP contribution in [0.3, 0.4) is 0 Å². The predicted octanol–water partition coefficient (Wildman–Crippen LogP) is 5.25. The third kappa shape index (κ3) is 5.79. The van der Waals surface area contributed by atoms with Crippen LogP contribution < -0.4 is 0 Å². The van der Waals surface area contributed by atoms with E-state index in [1.807, 2.05) is 35.7 Å². The fraction of sp³-hybridized carbons (Fsp3) is 0.433. The minimum Gasteiger partial charge on any atom is -0.452 e. The molecule has 0 spiro atoms. The molecule has 0 bridgehead atoms. The summed E-state index contributed by atoms with van der Waals surface area (Å²) in [6, 6.07) is 11.2. The van der Waals surface area contributed by atoms with Crippen molar-refractivity contribution in [3.8, 4) is 0 Å². The molecular formula is C30H34N2O5S2. The number of carbonyl (C=O) groups is 2. The van der Waals surface area contributed by atoms with Crippen molar-refractivity contribution in [3.63, 3.8) is 0 Å². The fourth-order valence-electron chi connectivity index (χ4n) is 5.50. The van der Waals surface area contributed by atoms with E-state index in [2.05, 4.69) is 32.9 Å². The maximum Gasteiger partial charge on any atom is 0.339 e. The maximum absolute atomic E-state index is 13.7. The molecule has 9 heteroatoms. The summed E-state index contributed by atoms with van der Waals surface area (Å²) < 4.78 is 29.4. The molecule has 1 saturated heterocycles. The van der Waals surface area contributed by atoms with E-state index in [1.54, 1.807) is 18.4 Å². The summed E-state index contributed by atoms with van der Waals surface area (Å²) in [5.74, 6) is -0.679. The van der Waals surface area contributed by atoms with Crippen LogP contribution in [-0.2, 0) is 25.8 Å². The number of ether oxygens (including phenoxy) is 1. The molecule has 2 aliphatic rings. The Morgan fingerprint density at radius 2 is 1.92 bits per heavy atom. The molecule has 5 rings (SSSR count). The third-order valence-corrected chi connectivity index (χ3v) is 10.5. The predicted molar refractivity (Wildman–Crippen MR) is 155 cm³/mol. The largest absolute Gasteiger partial charge is 0.452 e. The Hall–Kier alpha value is -3.04. The van der Waals surface area contributed by atoms with Gasteiger partial charge in [-0.05, 0) is 65.3 Å². The number of esters is 1. The zero-order chi connectivity index (χ0) is 27.9. The van der Waals surface area contributed by atoms with Crippen molar-refractivity contribution in [3.05, 3.63) is 63.5 Å². The number of benzene rings is 1. The normalized spacial score (nSPS) is 21.6. The summed E-state index contributed by atoms with van der Waals surface area (Å²) in [6.45, 7) is 6.21. The molecular weight excluding hydrogens is 532 g/mol. The number of hydrogen-bond acceptors (Lipinski definition) is 7. The van der Waals surface area contributed by atoms with Crippen LogP contribution in [0.15, 0.2) is 41.8 Å². The second-order valence-electron chi connectivity index (χ2n) is 11.6. The summed E-state index contributed by atoms with van der Waals surface area (Å²) >= 11 is 1.66. The van der Waals surface area contributed by atoms with E-state index in [1.165, 1.54) is 4.90 Å². The van der Waals surface area contributed by atoms with Crippen LogP contribution in [-0.4, -0.2) is 61.4 Å². The van der Waals surface area contributed by atoms with Gasteiger partial charge in [0.25, 0.3) is 5.91 Å². The van der Waals surface area contributed by atoms with E-state index < -0.39 is 34.4 Å². The molecule has 1 fully saturated rings. The highest BCUT2D eigenvalue weighted by atomic mass is 32.2. The molecule has 1 aromatic carbocycles. The maximum atomic E-state index is 13.7. The van der Waals surface area contributed by atoms with Crippen molar-refractivity contribution in [1.29, 1.82) is 0 Å². The molecule has 1 amide bonds. The van der Waals surface area contributed by atoms with Crippen molar-refractivity contribution >= 4 is 55.6 Å². The molecule has 0 radical (unpaired) electrons. The molecule has 3 heterocycles. The molecule has 206 valence electrons. The van der Waals surface area contributed by atoms with Gasteiger partial charge in [0.2, 0.25) is 0 Å². The molecule has 7 nitrogen and oxygen atoms in total. The molecule has 2 unspecified atom stereocenters. The number of amides is 1. The van der Waals surface area contributed by atoms with Crippen LogP contribution >= 0.6 is 11.3 Å². The molecule has 2 aromatic heterocycles. The summed E-state index contributed by atoms with van der Waals surface area (Å²) in [7, 11) is -1.57. The summed E-state index contributed by atoms with van der Waals surface area (Å²) in [6.07, 6.45) is 4.10. The molecule has 1 aliphatic heterocycles. The van der Waals surface area contributed by atoms with E-state index in [9.17, 15) is 18.0 Å². The minimum atomic E-state index is -3.14. The average Bonchev–Trinajstić information content (AvgIpc) is 3.53. The number of fused-ring (bicyclic) bond motifs is 2. The van der Waals surface area contributed by atoms with Gasteiger partial charge in [-0.1, -0.05) is 45.0 Å². The summed E-state index contributed by atoms with van der Waals surface area (Å²) in [4.78, 5) is 34.2. The van der Waals surface area contributed by atoms with Gasteiger partial charge in [-0.25, -0.2) is 18.2 Å². The summed E-state index contributed by atoms with van der Waals surface area (Å²) in [5.41, 5.74) is 3.93. The molecule has 3 aromatic rings. The minimum absolute atomic E-state index is 0.000649. The lowest BCUT2D eigenvalue weighted by Crippen LogP contribution is -2.40. The Labute approximate surface area is 233 Å². The van der Waals surface area contributed by atoms with Gasteiger partial charge in [-0.2, -0.15) is 0 Å². The summed E-state index contributed by atoms with van der Waals surface area (Å²) in [5, 5.41) is 2.75. The van der Waals surface area contributed by atoms with Crippen molar-refractivity contribution in [1.82, 2.24) is 9.88 Å². The first-order chi connectivity index (χ1) is 18.4. The van der Waals surface area contributed by atoms with Gasteiger partial charge >= 0.3 is 5.97 Å². The van der Waals surface area contributed by atoms with Gasteiger partial charge in [-0.3, -0.25) is 4.79 Å². The van der Waals surface area contributed by atoms with Gasteiger partial charge in [0.1, 0.15) is 0 Å². The van der Waals surface area contributed by atoms with Crippen LogP contribution in [0.25, 0.3) is 22.6 Å². The zero-order valence-corrected chi connectivity index (χ0v) is 24.4. The third-order valence-electron chi connectivity index (χ3n) is 7.98. The number of carbonyl (C=O) groups excluding carboxylic acids is 2. The Morgan fingerprint density at radius 1 is 1.15 bits per heavy atom. The van der Waals surface area contributed by atoms with E-state index in [-0.39, 0.29) is 22.8 Å². The SMILES string of the molecule is CN(C(=O)COC(=O)c1c2c(nc3ccccc13)/C(=C\c1cccs1)CC(C(C)(C)C)C2)C1CCS(=O)(=O)C1. The standard InChI is InChI=1S/C30H34N2O5S2/c1-30(2,3)20-14-19(15-22-8-7-12-38-22)28-24(16-20)27(23-9-5-6-10-25(23)31-28)29(34)37-17-26(33)32(4)21-11-13-39(35,36)18-21/h5-10,12,15,20-21H,11,13-14,16-18H2,1-4H3/b19-15-. The lowest BCUT2D eigenvalue weighted by Gasteiger charge is -2.36. The van der Waals surface area contributed by atoms with E-state index in [0.717, 1.165) is 28.1 Å². The number of thiophene rings is 1. The zero-order valence-electron chi connectivity index (χ0n) is 22.8. The first kappa shape index (κ1) is 27.5. The second kappa shape index (κ2) is 10.5. The molecule has 1 aliphatic carbocycles.